The van der Waals surface area contributed by atoms with E-state index in [4.69, 9.17) is 23.7 Å². The fourth-order valence-electron chi connectivity index (χ4n) is 5.24. The minimum atomic E-state index is -0.877. The van der Waals surface area contributed by atoms with E-state index in [1.165, 1.54) is 23.4 Å². The maximum Gasteiger partial charge on any atom is 0.415 e. The van der Waals surface area contributed by atoms with E-state index in [2.05, 4.69) is 20.6 Å². The molecule has 2 aliphatic rings. The van der Waals surface area contributed by atoms with Gasteiger partial charge in [-0.2, -0.15) is 0 Å². The van der Waals surface area contributed by atoms with E-state index in [0.717, 1.165) is 0 Å². The van der Waals surface area contributed by atoms with Crippen LogP contribution in [0.15, 0.2) is 24.5 Å². The van der Waals surface area contributed by atoms with Crippen LogP contribution >= 0.6 is 0 Å². The molecule has 14 heteroatoms. The topological polar surface area (TPSA) is 150 Å². The summed E-state index contributed by atoms with van der Waals surface area (Å²) < 4.78 is 44.2. The Kier molecular flexibility index (Phi) is 9.18. The first-order chi connectivity index (χ1) is 22.0. The van der Waals surface area contributed by atoms with E-state index in [-0.39, 0.29) is 47.4 Å². The number of benzene rings is 1. The smallest absolute Gasteiger partial charge is 0.415 e. The Morgan fingerprint density at radius 3 is 2.34 bits per heavy atom. The van der Waals surface area contributed by atoms with E-state index in [1.54, 1.807) is 54.5 Å². The Balaban J connectivity index is 1.59. The van der Waals surface area contributed by atoms with Crippen LogP contribution in [0.1, 0.15) is 54.0 Å². The Bertz CT molecular complexity index is 1720. The van der Waals surface area contributed by atoms with Gasteiger partial charge in [-0.3, -0.25) is 15.5 Å². The van der Waals surface area contributed by atoms with Gasteiger partial charge in [-0.1, -0.05) is 6.92 Å². The highest BCUT2D eigenvalue weighted by atomic mass is 19.1. The second-order valence-corrected chi connectivity index (χ2v) is 13.5. The Hall–Kier alpha value is -4.72. The van der Waals surface area contributed by atoms with Crippen molar-refractivity contribution in [2.75, 3.05) is 41.9 Å². The van der Waals surface area contributed by atoms with Crippen molar-refractivity contribution in [1.29, 1.82) is 0 Å². The summed E-state index contributed by atoms with van der Waals surface area (Å²) in [5.74, 6) is -0.402. The molecule has 0 bridgehead atoms. The Labute approximate surface area is 272 Å². The molecule has 2 aliphatic heterocycles. The SMILES string of the molecule is Cc1c(-c2cc3cc(NC(=O)O[C@@H]4COC[C@@H]4C)ncc3c(NC(=O)OC(C)(C)C)c2F)cnc2c1N(C(=O)OC(C)(C)C)CCO2. The van der Waals surface area contributed by atoms with Crippen molar-refractivity contribution in [1.82, 2.24) is 9.97 Å². The maximum absolute atomic E-state index is 16.6. The molecular weight excluding hydrogens is 613 g/mol. The standard InChI is InChI=1S/C33H40FN5O8/c1-17-15-43-16-23(17)45-29(40)37-24-12-19-11-20(25(34)26(22(19)14-35-24)38-30(41)46-32(3,4)5)21-13-36-28-27(18(21)2)39(9-10-44-28)31(42)47-33(6,7)8/h11-14,17,23H,9-10,15-16H2,1-8H3,(H,38,41)(H,35,37,40)/t17-,23+/m0/s1. The molecule has 3 aromatic rings. The molecule has 1 saturated heterocycles. The molecule has 47 heavy (non-hydrogen) atoms. The van der Waals surface area contributed by atoms with E-state index in [9.17, 15) is 14.4 Å². The molecule has 3 amide bonds. The van der Waals surface area contributed by atoms with Gasteiger partial charge in [-0.05, 0) is 71.5 Å². The molecular formula is C33H40FN5O8. The first kappa shape index (κ1) is 33.6. The van der Waals surface area contributed by atoms with Crippen molar-refractivity contribution in [2.45, 2.75) is 72.7 Å². The maximum atomic E-state index is 16.6. The highest BCUT2D eigenvalue weighted by Crippen LogP contribution is 2.42. The first-order valence-corrected chi connectivity index (χ1v) is 15.3. The summed E-state index contributed by atoms with van der Waals surface area (Å²) in [5.41, 5.74) is -0.576. The normalized spacial score (nSPS) is 17.9. The number of halogens is 1. The molecule has 0 saturated carbocycles. The summed E-state index contributed by atoms with van der Waals surface area (Å²) in [6, 6.07) is 3.08. The van der Waals surface area contributed by atoms with Crippen molar-refractivity contribution in [2.24, 2.45) is 5.92 Å². The molecule has 1 fully saturated rings. The molecule has 0 unspecified atom stereocenters. The number of amides is 3. The monoisotopic (exact) mass is 653 g/mol. The third-order valence-electron chi connectivity index (χ3n) is 7.37. The van der Waals surface area contributed by atoms with Crippen LogP contribution < -0.4 is 20.3 Å². The van der Waals surface area contributed by atoms with Gasteiger partial charge in [0.15, 0.2) is 5.82 Å². The lowest BCUT2D eigenvalue weighted by Crippen LogP contribution is -2.42. The van der Waals surface area contributed by atoms with E-state index in [0.29, 0.717) is 35.4 Å². The van der Waals surface area contributed by atoms with Crippen LogP contribution in [0, 0.1) is 18.7 Å². The number of nitrogens with zero attached hydrogens (tertiary/aromatic N) is 3. The zero-order chi connectivity index (χ0) is 34.3. The highest BCUT2D eigenvalue weighted by Gasteiger charge is 2.33. The summed E-state index contributed by atoms with van der Waals surface area (Å²) in [6.45, 7) is 15.2. The first-order valence-electron chi connectivity index (χ1n) is 15.3. The average Bonchev–Trinajstić information content (AvgIpc) is 3.36. The van der Waals surface area contributed by atoms with Crippen LogP contribution in [0.2, 0.25) is 0 Å². The van der Waals surface area contributed by atoms with E-state index >= 15 is 4.39 Å². The zero-order valence-electron chi connectivity index (χ0n) is 27.8. The molecule has 0 radical (unpaired) electrons. The van der Waals surface area contributed by atoms with Gasteiger partial charge in [0.25, 0.3) is 0 Å². The number of ether oxygens (including phenoxy) is 5. The lowest BCUT2D eigenvalue weighted by molar-refractivity contribution is 0.0564. The van der Waals surface area contributed by atoms with Gasteiger partial charge in [0.1, 0.15) is 35.4 Å². The molecule has 2 N–H and O–H groups in total. The number of hydrogen-bond donors (Lipinski definition) is 2. The third kappa shape index (κ3) is 7.64. The minimum absolute atomic E-state index is 0.0439. The van der Waals surface area contributed by atoms with Crippen molar-refractivity contribution < 1.29 is 42.5 Å². The number of hydrogen-bond acceptors (Lipinski definition) is 10. The van der Waals surface area contributed by atoms with Gasteiger partial charge in [0, 0.05) is 34.8 Å². The van der Waals surface area contributed by atoms with E-state index in [1.807, 2.05) is 6.92 Å². The van der Waals surface area contributed by atoms with Crippen LogP contribution in [0.4, 0.5) is 36.0 Å². The van der Waals surface area contributed by atoms with Crippen molar-refractivity contribution in [3.05, 3.63) is 35.9 Å². The van der Waals surface area contributed by atoms with Crippen LogP contribution in [0.25, 0.3) is 21.9 Å². The number of fused-ring (bicyclic) bond motifs is 2. The predicted molar refractivity (Wildman–Crippen MR) is 172 cm³/mol. The molecule has 13 nitrogen and oxygen atoms in total. The largest absolute Gasteiger partial charge is 0.474 e. The Morgan fingerprint density at radius 1 is 0.957 bits per heavy atom. The fraction of sp³-hybridized carbons (Fsp3) is 0.485. The van der Waals surface area contributed by atoms with Gasteiger partial charge in [0.2, 0.25) is 5.88 Å². The molecule has 252 valence electrons. The number of nitrogens with one attached hydrogen (secondary N) is 2. The van der Waals surface area contributed by atoms with Crippen molar-refractivity contribution >= 4 is 46.2 Å². The quantitative estimate of drug-likeness (QED) is 0.288. The summed E-state index contributed by atoms with van der Waals surface area (Å²) in [6.07, 6.45) is 0.189. The number of aromatic nitrogens is 2. The molecule has 5 rings (SSSR count). The van der Waals surface area contributed by atoms with Gasteiger partial charge in [-0.15, -0.1) is 0 Å². The number of anilines is 3. The zero-order valence-corrected chi connectivity index (χ0v) is 27.8. The van der Waals surface area contributed by atoms with Gasteiger partial charge in [0.05, 0.1) is 25.4 Å². The number of carbonyl (C=O) groups excluding carboxylic acids is 3. The molecule has 2 aromatic heterocycles. The second kappa shape index (κ2) is 12.8. The molecule has 4 heterocycles. The lowest BCUT2D eigenvalue weighted by Gasteiger charge is -2.32. The van der Waals surface area contributed by atoms with Crippen LogP contribution in [0.5, 0.6) is 5.88 Å². The van der Waals surface area contributed by atoms with Gasteiger partial charge >= 0.3 is 18.3 Å². The lowest BCUT2D eigenvalue weighted by atomic mass is 9.96. The minimum Gasteiger partial charge on any atom is -0.474 e. The molecule has 0 aliphatic carbocycles. The highest BCUT2D eigenvalue weighted by molar-refractivity contribution is 6.05. The van der Waals surface area contributed by atoms with Gasteiger partial charge in [-0.25, -0.2) is 28.7 Å². The van der Waals surface area contributed by atoms with Crippen LogP contribution in [-0.2, 0) is 18.9 Å². The van der Waals surface area contributed by atoms with E-state index < -0.39 is 41.4 Å². The van der Waals surface area contributed by atoms with Crippen molar-refractivity contribution in [3.63, 3.8) is 0 Å². The number of pyridine rings is 2. The summed E-state index contributed by atoms with van der Waals surface area (Å²) in [4.78, 5) is 48.8. The van der Waals surface area contributed by atoms with Crippen LogP contribution in [0.3, 0.4) is 0 Å². The number of carbonyl (C=O) groups is 3. The Morgan fingerprint density at radius 2 is 1.68 bits per heavy atom. The van der Waals surface area contributed by atoms with Crippen LogP contribution in [-0.4, -0.2) is 71.9 Å². The predicted octanol–water partition coefficient (Wildman–Crippen LogP) is 6.81. The fourth-order valence-corrected chi connectivity index (χ4v) is 5.24. The average molecular weight is 654 g/mol. The third-order valence-corrected chi connectivity index (χ3v) is 7.37. The summed E-state index contributed by atoms with van der Waals surface area (Å²) in [5, 5.41) is 5.82. The number of rotatable bonds is 4. The molecule has 2 atom stereocenters. The molecule has 1 aromatic carbocycles. The summed E-state index contributed by atoms with van der Waals surface area (Å²) >= 11 is 0. The molecule has 0 spiro atoms. The van der Waals surface area contributed by atoms with Gasteiger partial charge < -0.3 is 23.7 Å². The second-order valence-electron chi connectivity index (χ2n) is 13.5. The van der Waals surface area contributed by atoms with Crippen molar-refractivity contribution in [3.8, 4) is 17.0 Å². The summed E-state index contributed by atoms with van der Waals surface area (Å²) in [7, 11) is 0.